The molecule has 5 rings (SSSR count). The number of carbonyl (C=O) groups is 1. The van der Waals surface area contributed by atoms with Gasteiger partial charge >= 0.3 is 0 Å². The zero-order valence-corrected chi connectivity index (χ0v) is 18.2. The Kier molecular flexibility index (Phi) is 5.55. The van der Waals surface area contributed by atoms with E-state index in [9.17, 15) is 4.79 Å². The maximum atomic E-state index is 12.7. The van der Waals surface area contributed by atoms with Gasteiger partial charge in [-0.3, -0.25) is 4.79 Å². The van der Waals surface area contributed by atoms with E-state index in [0.29, 0.717) is 12.0 Å². The molecule has 2 heterocycles. The van der Waals surface area contributed by atoms with E-state index in [0.717, 1.165) is 52.4 Å². The smallest absolute Gasteiger partial charge is 0.255 e. The molecule has 0 saturated carbocycles. The molecule has 0 atom stereocenters. The lowest BCUT2D eigenvalue weighted by molar-refractivity contribution is 0.102. The monoisotopic (exact) mass is 422 g/mol. The van der Waals surface area contributed by atoms with Gasteiger partial charge in [-0.05, 0) is 60.4 Å². The highest BCUT2D eigenvalue weighted by Gasteiger charge is 2.15. The molecule has 1 amide bonds. The molecule has 0 radical (unpaired) electrons. The van der Waals surface area contributed by atoms with Crippen LogP contribution in [0, 0.1) is 6.92 Å². The maximum absolute atomic E-state index is 12.7. The van der Waals surface area contributed by atoms with E-state index >= 15 is 0 Å². The van der Waals surface area contributed by atoms with E-state index in [2.05, 4.69) is 21.3 Å². The normalized spacial score (nSPS) is 13.5. The number of rotatable bonds is 5. The predicted molar refractivity (Wildman–Crippen MR) is 129 cm³/mol. The Bertz CT molecular complexity index is 1260. The zero-order valence-electron chi connectivity index (χ0n) is 18.2. The lowest BCUT2D eigenvalue weighted by Gasteiger charge is -2.17. The maximum Gasteiger partial charge on any atom is 0.255 e. The van der Waals surface area contributed by atoms with Crippen LogP contribution in [-0.2, 0) is 6.42 Å². The number of hydrogen-bond acceptors (Lipinski definition) is 4. The molecule has 0 spiro atoms. The third kappa shape index (κ3) is 4.47. The van der Waals surface area contributed by atoms with Crippen molar-refractivity contribution in [3.05, 3.63) is 95.4 Å². The van der Waals surface area contributed by atoms with Gasteiger partial charge in [-0.25, -0.2) is 9.97 Å². The molecule has 1 aliphatic rings. The molecule has 3 aromatic carbocycles. The lowest BCUT2D eigenvalue weighted by atomic mass is 10.1. The molecule has 1 N–H and O–H groups in total. The third-order valence-corrected chi connectivity index (χ3v) is 5.90. The second kappa shape index (κ2) is 8.79. The fourth-order valence-electron chi connectivity index (χ4n) is 4.22. The van der Waals surface area contributed by atoms with Crippen molar-refractivity contribution in [3.8, 4) is 0 Å². The van der Waals surface area contributed by atoms with Crippen molar-refractivity contribution < 1.29 is 4.79 Å². The van der Waals surface area contributed by atoms with Crippen molar-refractivity contribution in [2.75, 3.05) is 23.3 Å². The fourth-order valence-corrected chi connectivity index (χ4v) is 4.22. The number of nitrogens with zero attached hydrogens (tertiary/aromatic N) is 3. The van der Waals surface area contributed by atoms with E-state index < -0.39 is 0 Å². The van der Waals surface area contributed by atoms with Gasteiger partial charge in [0.2, 0.25) is 0 Å². The summed E-state index contributed by atoms with van der Waals surface area (Å²) in [6.07, 6.45) is 3.12. The number of fused-ring (bicyclic) bond motifs is 1. The number of aryl methyl sites for hydroxylation is 1. The molecule has 0 unspecified atom stereocenters. The average molecular weight is 423 g/mol. The van der Waals surface area contributed by atoms with Gasteiger partial charge in [0.15, 0.2) is 0 Å². The zero-order chi connectivity index (χ0) is 21.9. The molecule has 4 aromatic rings. The predicted octanol–water partition coefficient (Wildman–Crippen LogP) is 5.38. The topological polar surface area (TPSA) is 58.1 Å². The number of nitrogens with one attached hydrogen (secondary N) is 1. The molecular weight excluding hydrogens is 396 g/mol. The first-order chi connectivity index (χ1) is 15.6. The summed E-state index contributed by atoms with van der Waals surface area (Å²) in [5.74, 6) is 1.75. The summed E-state index contributed by atoms with van der Waals surface area (Å²) in [4.78, 5) is 24.5. The standard InChI is InChI=1S/C27H26N4O/c1-19-16-26(31-14-4-5-15-31)30-25(28-19)17-20-8-12-24(13-9-20)29-27(32)23-11-10-21-6-2-3-7-22(21)18-23/h2-3,6-13,16,18H,4-5,14-15,17H2,1H3,(H,29,32). The van der Waals surface area contributed by atoms with Crippen LogP contribution in [0.4, 0.5) is 11.5 Å². The Morgan fingerprint density at radius 3 is 2.44 bits per heavy atom. The van der Waals surface area contributed by atoms with Gasteiger partial charge < -0.3 is 10.2 Å². The Labute approximate surface area is 188 Å². The minimum absolute atomic E-state index is 0.110. The largest absolute Gasteiger partial charge is 0.357 e. The number of benzene rings is 3. The number of hydrogen-bond donors (Lipinski definition) is 1. The van der Waals surface area contributed by atoms with Gasteiger partial charge in [0.1, 0.15) is 11.6 Å². The van der Waals surface area contributed by atoms with Crippen LogP contribution in [0.3, 0.4) is 0 Å². The molecule has 0 bridgehead atoms. The Morgan fingerprint density at radius 1 is 0.906 bits per heavy atom. The quantitative estimate of drug-likeness (QED) is 0.469. The van der Waals surface area contributed by atoms with Crippen molar-refractivity contribution >= 4 is 28.2 Å². The van der Waals surface area contributed by atoms with Crippen molar-refractivity contribution in [2.24, 2.45) is 0 Å². The second-order valence-corrected chi connectivity index (χ2v) is 8.37. The molecule has 5 heteroatoms. The molecule has 1 saturated heterocycles. The highest BCUT2D eigenvalue weighted by atomic mass is 16.1. The number of amides is 1. The van der Waals surface area contributed by atoms with E-state index in [4.69, 9.17) is 4.98 Å². The van der Waals surface area contributed by atoms with Crippen LogP contribution < -0.4 is 10.2 Å². The molecule has 32 heavy (non-hydrogen) atoms. The number of anilines is 2. The van der Waals surface area contributed by atoms with E-state index in [1.165, 1.54) is 12.8 Å². The molecule has 160 valence electrons. The summed E-state index contributed by atoms with van der Waals surface area (Å²) in [6.45, 7) is 4.17. The highest BCUT2D eigenvalue weighted by molar-refractivity contribution is 6.06. The summed E-state index contributed by atoms with van der Waals surface area (Å²) in [7, 11) is 0. The SMILES string of the molecule is Cc1cc(N2CCCC2)nc(Cc2ccc(NC(=O)c3ccc4ccccc4c3)cc2)n1. The van der Waals surface area contributed by atoms with E-state index in [1.807, 2.05) is 73.7 Å². The van der Waals surface area contributed by atoms with Gasteiger partial charge in [-0.2, -0.15) is 0 Å². The van der Waals surface area contributed by atoms with Gasteiger partial charge in [-0.15, -0.1) is 0 Å². The first-order valence-corrected chi connectivity index (χ1v) is 11.1. The summed E-state index contributed by atoms with van der Waals surface area (Å²) < 4.78 is 0. The third-order valence-electron chi connectivity index (χ3n) is 5.90. The van der Waals surface area contributed by atoms with Crippen LogP contribution >= 0.6 is 0 Å². The fraction of sp³-hybridized carbons (Fsp3) is 0.222. The summed E-state index contributed by atoms with van der Waals surface area (Å²) in [6, 6.07) is 23.8. The van der Waals surface area contributed by atoms with Crippen LogP contribution in [0.2, 0.25) is 0 Å². The highest BCUT2D eigenvalue weighted by Crippen LogP contribution is 2.21. The van der Waals surface area contributed by atoms with Crippen LogP contribution in [0.15, 0.2) is 72.8 Å². The van der Waals surface area contributed by atoms with E-state index in [1.54, 1.807) is 0 Å². The molecule has 5 nitrogen and oxygen atoms in total. The first kappa shape index (κ1) is 20.2. The molecule has 1 aliphatic heterocycles. The number of aromatic nitrogens is 2. The average Bonchev–Trinajstić information content (AvgIpc) is 3.35. The van der Waals surface area contributed by atoms with Crippen LogP contribution in [-0.4, -0.2) is 29.0 Å². The molecular formula is C27H26N4O. The van der Waals surface area contributed by atoms with Crippen molar-refractivity contribution in [2.45, 2.75) is 26.2 Å². The summed E-state index contributed by atoms with van der Waals surface area (Å²) >= 11 is 0. The van der Waals surface area contributed by atoms with Crippen molar-refractivity contribution in [1.82, 2.24) is 9.97 Å². The van der Waals surface area contributed by atoms with Crippen molar-refractivity contribution in [1.29, 1.82) is 0 Å². The first-order valence-electron chi connectivity index (χ1n) is 11.1. The lowest BCUT2D eigenvalue weighted by Crippen LogP contribution is -2.20. The summed E-state index contributed by atoms with van der Waals surface area (Å²) in [5, 5.41) is 5.17. The molecule has 1 aromatic heterocycles. The molecule has 1 fully saturated rings. The second-order valence-electron chi connectivity index (χ2n) is 8.37. The number of carbonyl (C=O) groups excluding carboxylic acids is 1. The van der Waals surface area contributed by atoms with Gasteiger partial charge in [-0.1, -0.05) is 42.5 Å². The minimum atomic E-state index is -0.110. The Balaban J connectivity index is 1.27. The Morgan fingerprint density at radius 2 is 1.66 bits per heavy atom. The molecule has 0 aliphatic carbocycles. The van der Waals surface area contributed by atoms with Gasteiger partial charge in [0.05, 0.1) is 0 Å². The van der Waals surface area contributed by atoms with Crippen LogP contribution in [0.5, 0.6) is 0 Å². The Hall–Kier alpha value is -3.73. The minimum Gasteiger partial charge on any atom is -0.357 e. The van der Waals surface area contributed by atoms with Gasteiger partial charge in [0.25, 0.3) is 5.91 Å². The van der Waals surface area contributed by atoms with E-state index in [-0.39, 0.29) is 5.91 Å². The van der Waals surface area contributed by atoms with Gasteiger partial charge in [0, 0.05) is 42.5 Å². The van der Waals surface area contributed by atoms with Crippen LogP contribution in [0.25, 0.3) is 10.8 Å². The van der Waals surface area contributed by atoms with Crippen molar-refractivity contribution in [3.63, 3.8) is 0 Å². The summed E-state index contributed by atoms with van der Waals surface area (Å²) in [5.41, 5.74) is 3.54. The van der Waals surface area contributed by atoms with Crippen LogP contribution in [0.1, 0.15) is 40.3 Å².